The summed E-state index contributed by atoms with van der Waals surface area (Å²) in [5.41, 5.74) is 0. The molecule has 0 saturated heterocycles. The predicted molar refractivity (Wildman–Crippen MR) is 98.7 cm³/mol. The molecule has 130 valence electrons. The van der Waals surface area contributed by atoms with Gasteiger partial charge in [0.1, 0.15) is 6.54 Å². The molecule has 0 saturated carbocycles. The molecule has 1 atom stereocenters. The molecule has 2 N–H and O–H groups in total. The number of rotatable bonds is 11. The molecule has 0 radical (unpaired) electrons. The molecule has 0 rings (SSSR count). The zero-order valence-electron chi connectivity index (χ0n) is 14.9. The van der Waals surface area contributed by atoms with Crippen LogP contribution in [0.15, 0.2) is 4.99 Å². The average Bonchev–Trinajstić information content (AvgIpc) is 2.51. The highest BCUT2D eigenvalue weighted by Gasteiger charge is 2.08. The smallest absolute Gasteiger partial charge is 0.243 e. The monoisotopic (exact) mass is 330 g/mol. The second-order valence-electron chi connectivity index (χ2n) is 5.67. The minimum Gasteiger partial charge on any atom is -0.356 e. The van der Waals surface area contributed by atoms with E-state index in [9.17, 15) is 4.79 Å². The summed E-state index contributed by atoms with van der Waals surface area (Å²) >= 11 is 1.79. The highest BCUT2D eigenvalue weighted by Crippen LogP contribution is 2.11. The molecule has 0 spiro atoms. The van der Waals surface area contributed by atoms with Crippen molar-refractivity contribution in [1.82, 2.24) is 15.5 Å². The lowest BCUT2D eigenvalue weighted by Gasteiger charge is -2.18. The zero-order valence-corrected chi connectivity index (χ0v) is 15.8. The van der Waals surface area contributed by atoms with Crippen molar-refractivity contribution >= 4 is 23.6 Å². The molecule has 0 bridgehead atoms. The second kappa shape index (κ2) is 13.7. The number of nitrogens with one attached hydrogen (secondary N) is 2. The van der Waals surface area contributed by atoms with E-state index in [0.29, 0.717) is 5.92 Å². The lowest BCUT2D eigenvalue weighted by molar-refractivity contribution is -0.127. The molecule has 0 aromatic carbocycles. The molecular formula is C16H34N4OS. The van der Waals surface area contributed by atoms with Gasteiger partial charge in [-0.2, -0.15) is 11.8 Å². The third kappa shape index (κ3) is 10.8. The van der Waals surface area contributed by atoms with E-state index in [1.807, 2.05) is 0 Å². The Hall–Kier alpha value is -0.910. The number of amides is 1. The number of hydrogen-bond acceptors (Lipinski definition) is 3. The SMILES string of the molecule is CCCCC(CC)CNC(=NCC(=O)N(C)C)NCCSC. The minimum atomic E-state index is 0.0176. The number of unbranched alkanes of at least 4 members (excludes halogenated alkanes) is 1. The van der Waals surface area contributed by atoms with Crippen molar-refractivity contribution in [2.75, 3.05) is 45.7 Å². The number of hydrogen-bond donors (Lipinski definition) is 2. The van der Waals surface area contributed by atoms with Crippen LogP contribution in [0.5, 0.6) is 0 Å². The van der Waals surface area contributed by atoms with Gasteiger partial charge >= 0.3 is 0 Å². The first kappa shape index (κ1) is 21.1. The van der Waals surface area contributed by atoms with Gasteiger partial charge in [-0.15, -0.1) is 0 Å². The summed E-state index contributed by atoms with van der Waals surface area (Å²) in [5.74, 6) is 2.45. The molecule has 0 aliphatic heterocycles. The summed E-state index contributed by atoms with van der Waals surface area (Å²) in [6, 6.07) is 0. The fourth-order valence-electron chi connectivity index (χ4n) is 1.92. The van der Waals surface area contributed by atoms with E-state index in [1.165, 1.54) is 25.7 Å². The van der Waals surface area contributed by atoms with Gasteiger partial charge in [-0.05, 0) is 18.6 Å². The molecular weight excluding hydrogens is 296 g/mol. The van der Waals surface area contributed by atoms with E-state index in [4.69, 9.17) is 0 Å². The largest absolute Gasteiger partial charge is 0.356 e. The van der Waals surface area contributed by atoms with Crippen LogP contribution in [0.1, 0.15) is 39.5 Å². The van der Waals surface area contributed by atoms with Crippen LogP contribution in [0.4, 0.5) is 0 Å². The first-order valence-electron chi connectivity index (χ1n) is 8.26. The van der Waals surface area contributed by atoms with Gasteiger partial charge in [0.15, 0.2) is 5.96 Å². The molecule has 5 nitrogen and oxygen atoms in total. The molecule has 6 heteroatoms. The topological polar surface area (TPSA) is 56.7 Å². The molecule has 0 aromatic rings. The predicted octanol–water partition coefficient (Wildman–Crippen LogP) is 2.19. The van der Waals surface area contributed by atoms with Crippen LogP contribution in [0.2, 0.25) is 0 Å². The lowest BCUT2D eigenvalue weighted by atomic mass is 9.99. The van der Waals surface area contributed by atoms with Gasteiger partial charge in [-0.3, -0.25) is 4.79 Å². The Morgan fingerprint density at radius 1 is 1.27 bits per heavy atom. The number of carbonyl (C=O) groups excluding carboxylic acids is 1. The molecule has 1 amide bonds. The maximum atomic E-state index is 11.7. The summed E-state index contributed by atoms with van der Waals surface area (Å²) in [4.78, 5) is 17.6. The van der Waals surface area contributed by atoms with E-state index in [2.05, 4.69) is 35.7 Å². The van der Waals surface area contributed by atoms with Gasteiger partial charge in [0.05, 0.1) is 0 Å². The van der Waals surface area contributed by atoms with E-state index >= 15 is 0 Å². The van der Waals surface area contributed by atoms with Crippen LogP contribution in [0, 0.1) is 5.92 Å². The quantitative estimate of drug-likeness (QED) is 0.346. The first-order valence-corrected chi connectivity index (χ1v) is 9.65. The Kier molecular flexibility index (Phi) is 13.2. The van der Waals surface area contributed by atoms with E-state index in [-0.39, 0.29) is 12.5 Å². The molecule has 0 heterocycles. The summed E-state index contributed by atoms with van der Waals surface area (Å²) in [7, 11) is 3.51. The third-order valence-corrected chi connectivity index (χ3v) is 4.18. The van der Waals surface area contributed by atoms with Crippen molar-refractivity contribution in [3.8, 4) is 0 Å². The van der Waals surface area contributed by atoms with Crippen LogP contribution in [-0.2, 0) is 4.79 Å². The van der Waals surface area contributed by atoms with E-state index in [0.717, 1.165) is 24.8 Å². The zero-order chi connectivity index (χ0) is 16.8. The van der Waals surface area contributed by atoms with Gasteiger partial charge in [0.2, 0.25) is 5.91 Å². The molecule has 0 aliphatic carbocycles. The molecule has 22 heavy (non-hydrogen) atoms. The van der Waals surface area contributed by atoms with Gasteiger partial charge in [0, 0.05) is 32.9 Å². The maximum absolute atomic E-state index is 11.7. The fourth-order valence-corrected chi connectivity index (χ4v) is 2.22. The normalized spacial score (nSPS) is 12.9. The van der Waals surface area contributed by atoms with Crippen molar-refractivity contribution in [1.29, 1.82) is 0 Å². The van der Waals surface area contributed by atoms with Crippen LogP contribution >= 0.6 is 11.8 Å². The van der Waals surface area contributed by atoms with Gasteiger partial charge in [0.25, 0.3) is 0 Å². The number of aliphatic imine (C=N–C) groups is 1. The van der Waals surface area contributed by atoms with Crippen LogP contribution in [0.25, 0.3) is 0 Å². The minimum absolute atomic E-state index is 0.0176. The molecule has 1 unspecified atom stereocenters. The molecule has 0 fully saturated rings. The summed E-state index contributed by atoms with van der Waals surface area (Å²) < 4.78 is 0. The summed E-state index contributed by atoms with van der Waals surface area (Å²) in [6.07, 6.45) is 7.00. The van der Waals surface area contributed by atoms with Crippen molar-refractivity contribution in [2.24, 2.45) is 10.9 Å². The Morgan fingerprint density at radius 2 is 2.00 bits per heavy atom. The number of thioether (sulfide) groups is 1. The second-order valence-corrected chi connectivity index (χ2v) is 6.66. The lowest BCUT2D eigenvalue weighted by Crippen LogP contribution is -2.41. The third-order valence-electron chi connectivity index (χ3n) is 3.57. The number of nitrogens with zero attached hydrogens (tertiary/aromatic N) is 2. The van der Waals surface area contributed by atoms with Gasteiger partial charge < -0.3 is 15.5 Å². The van der Waals surface area contributed by atoms with E-state index < -0.39 is 0 Å². The average molecular weight is 331 g/mol. The maximum Gasteiger partial charge on any atom is 0.243 e. The van der Waals surface area contributed by atoms with Crippen molar-refractivity contribution in [3.63, 3.8) is 0 Å². The highest BCUT2D eigenvalue weighted by atomic mass is 32.2. The molecule has 0 aromatic heterocycles. The van der Waals surface area contributed by atoms with Crippen molar-refractivity contribution in [2.45, 2.75) is 39.5 Å². The van der Waals surface area contributed by atoms with Crippen LogP contribution in [-0.4, -0.2) is 62.5 Å². The standard InChI is InChI=1S/C16H34N4OS/c1-6-8-9-14(7-2)12-18-16(17-10-11-22-5)19-13-15(21)20(3)4/h14H,6-13H2,1-5H3,(H2,17,18,19). The number of guanidine groups is 1. The Labute approximate surface area is 140 Å². The number of carbonyl (C=O) groups is 1. The Bertz CT molecular complexity index is 321. The first-order chi connectivity index (χ1) is 10.5. The van der Waals surface area contributed by atoms with Gasteiger partial charge in [-0.25, -0.2) is 4.99 Å². The Balaban J connectivity index is 4.43. The number of likely N-dealkylation sites (N-methyl/N-ethyl adjacent to an activating group) is 1. The van der Waals surface area contributed by atoms with Crippen molar-refractivity contribution in [3.05, 3.63) is 0 Å². The van der Waals surface area contributed by atoms with Crippen molar-refractivity contribution < 1.29 is 4.79 Å². The van der Waals surface area contributed by atoms with Crippen LogP contribution < -0.4 is 10.6 Å². The van der Waals surface area contributed by atoms with E-state index in [1.54, 1.807) is 30.8 Å². The van der Waals surface area contributed by atoms with Crippen LogP contribution in [0.3, 0.4) is 0 Å². The fraction of sp³-hybridized carbons (Fsp3) is 0.875. The summed E-state index contributed by atoms with van der Waals surface area (Å²) in [5, 5.41) is 6.69. The highest BCUT2D eigenvalue weighted by molar-refractivity contribution is 7.98. The molecule has 0 aliphatic rings. The Morgan fingerprint density at radius 3 is 2.55 bits per heavy atom. The van der Waals surface area contributed by atoms with Gasteiger partial charge in [-0.1, -0.05) is 33.1 Å². The summed E-state index contributed by atoms with van der Waals surface area (Å²) in [6.45, 7) is 6.42.